The molecule has 0 amide bonds. The van der Waals surface area contributed by atoms with E-state index in [1.165, 1.54) is 19.4 Å². The van der Waals surface area contributed by atoms with Crippen molar-refractivity contribution in [3.05, 3.63) is 65.5 Å². The maximum atomic E-state index is 11.2. The van der Waals surface area contributed by atoms with Crippen molar-refractivity contribution >= 4 is 5.97 Å². The maximum absolute atomic E-state index is 11.2. The van der Waals surface area contributed by atoms with Crippen molar-refractivity contribution in [1.29, 1.82) is 0 Å². The second-order valence-corrected chi connectivity index (χ2v) is 3.78. The number of aromatic nitrogens is 1. The SMILES string of the molecule is COC(=O)c1ccc(C(O)c2ccccc2)cn1. The van der Waals surface area contributed by atoms with Gasteiger partial charge in [-0.3, -0.25) is 0 Å². The molecule has 1 aromatic carbocycles. The molecule has 0 saturated heterocycles. The fourth-order valence-corrected chi connectivity index (χ4v) is 1.62. The Morgan fingerprint density at radius 2 is 1.89 bits per heavy atom. The van der Waals surface area contributed by atoms with Gasteiger partial charge in [-0.05, 0) is 11.6 Å². The summed E-state index contributed by atoms with van der Waals surface area (Å²) in [4.78, 5) is 15.2. The van der Waals surface area contributed by atoms with Crippen LogP contribution in [0, 0.1) is 0 Å². The number of benzene rings is 1. The van der Waals surface area contributed by atoms with Crippen LogP contribution in [0.4, 0.5) is 0 Å². The third-order valence-electron chi connectivity index (χ3n) is 2.61. The zero-order chi connectivity index (χ0) is 13.0. The van der Waals surface area contributed by atoms with E-state index in [1.807, 2.05) is 30.3 Å². The molecule has 0 fully saturated rings. The molecule has 0 aliphatic carbocycles. The predicted octanol–water partition coefficient (Wildman–Crippen LogP) is 1.95. The van der Waals surface area contributed by atoms with Crippen LogP contribution >= 0.6 is 0 Å². The minimum Gasteiger partial charge on any atom is -0.464 e. The van der Waals surface area contributed by atoms with Gasteiger partial charge in [0.1, 0.15) is 11.8 Å². The average Bonchev–Trinajstić information content (AvgIpc) is 2.47. The molecule has 92 valence electrons. The summed E-state index contributed by atoms with van der Waals surface area (Å²) >= 11 is 0. The molecule has 4 heteroatoms. The lowest BCUT2D eigenvalue weighted by molar-refractivity contribution is 0.0594. The third-order valence-corrected chi connectivity index (χ3v) is 2.61. The van der Waals surface area contributed by atoms with Crippen LogP contribution in [0.5, 0.6) is 0 Å². The molecule has 0 aliphatic rings. The summed E-state index contributed by atoms with van der Waals surface area (Å²) in [6.07, 6.45) is 0.731. The van der Waals surface area contributed by atoms with E-state index in [2.05, 4.69) is 9.72 Å². The van der Waals surface area contributed by atoms with Crippen molar-refractivity contribution in [3.8, 4) is 0 Å². The minimum absolute atomic E-state index is 0.224. The number of aliphatic hydroxyl groups is 1. The first-order valence-electron chi connectivity index (χ1n) is 5.49. The molecule has 2 rings (SSSR count). The summed E-state index contributed by atoms with van der Waals surface area (Å²) in [6.45, 7) is 0. The van der Waals surface area contributed by atoms with E-state index in [0.29, 0.717) is 5.56 Å². The Morgan fingerprint density at radius 3 is 2.44 bits per heavy atom. The fraction of sp³-hybridized carbons (Fsp3) is 0.143. The first-order valence-corrected chi connectivity index (χ1v) is 5.49. The van der Waals surface area contributed by atoms with E-state index in [1.54, 1.807) is 6.07 Å². The first kappa shape index (κ1) is 12.3. The van der Waals surface area contributed by atoms with Crippen molar-refractivity contribution in [2.45, 2.75) is 6.10 Å². The summed E-state index contributed by atoms with van der Waals surface area (Å²) in [5, 5.41) is 10.1. The Kier molecular flexibility index (Phi) is 3.69. The maximum Gasteiger partial charge on any atom is 0.356 e. The molecule has 18 heavy (non-hydrogen) atoms. The van der Waals surface area contributed by atoms with Gasteiger partial charge in [-0.25, -0.2) is 9.78 Å². The second kappa shape index (κ2) is 5.42. The molecule has 0 radical (unpaired) electrons. The van der Waals surface area contributed by atoms with Gasteiger partial charge in [0.05, 0.1) is 7.11 Å². The number of nitrogens with zero attached hydrogens (tertiary/aromatic N) is 1. The van der Waals surface area contributed by atoms with Crippen LogP contribution in [0.15, 0.2) is 48.7 Å². The molecule has 4 nitrogen and oxygen atoms in total. The number of esters is 1. The fourth-order valence-electron chi connectivity index (χ4n) is 1.62. The summed E-state index contributed by atoms with van der Waals surface area (Å²) < 4.78 is 4.56. The third kappa shape index (κ3) is 2.55. The number of carbonyl (C=O) groups is 1. The van der Waals surface area contributed by atoms with Crippen LogP contribution in [0.3, 0.4) is 0 Å². The zero-order valence-electron chi connectivity index (χ0n) is 9.91. The molecule has 0 bridgehead atoms. The topological polar surface area (TPSA) is 59.4 Å². The first-order chi connectivity index (χ1) is 8.72. The molecule has 1 unspecified atom stereocenters. The lowest BCUT2D eigenvalue weighted by Gasteiger charge is -2.11. The Labute approximate surface area is 105 Å². The Bertz CT molecular complexity index is 522. The normalized spacial score (nSPS) is 11.9. The van der Waals surface area contributed by atoms with Crippen LogP contribution in [-0.2, 0) is 4.74 Å². The van der Waals surface area contributed by atoms with Gasteiger partial charge in [0.15, 0.2) is 0 Å². The van der Waals surface area contributed by atoms with E-state index >= 15 is 0 Å². The lowest BCUT2D eigenvalue weighted by Crippen LogP contribution is -2.06. The molecule has 0 spiro atoms. The predicted molar refractivity (Wildman–Crippen MR) is 66.1 cm³/mol. The number of hydrogen-bond acceptors (Lipinski definition) is 4. The Hall–Kier alpha value is -2.20. The van der Waals surface area contributed by atoms with E-state index < -0.39 is 12.1 Å². The van der Waals surface area contributed by atoms with Crippen LogP contribution in [-0.4, -0.2) is 23.2 Å². The summed E-state index contributed by atoms with van der Waals surface area (Å²) in [5.74, 6) is -0.490. The molecule has 1 N–H and O–H groups in total. The number of ether oxygens (including phenoxy) is 1. The van der Waals surface area contributed by atoms with Gasteiger partial charge in [0.25, 0.3) is 0 Å². The van der Waals surface area contributed by atoms with E-state index in [-0.39, 0.29) is 5.69 Å². The van der Waals surface area contributed by atoms with Gasteiger partial charge in [-0.1, -0.05) is 36.4 Å². The van der Waals surface area contributed by atoms with Crippen LogP contribution < -0.4 is 0 Å². The lowest BCUT2D eigenvalue weighted by atomic mass is 10.0. The molecule has 1 heterocycles. The van der Waals surface area contributed by atoms with Gasteiger partial charge in [0.2, 0.25) is 0 Å². The summed E-state index contributed by atoms with van der Waals surface area (Å²) in [5.41, 5.74) is 1.64. The molecular formula is C14H13NO3. The molecule has 1 atom stereocenters. The highest BCUT2D eigenvalue weighted by Gasteiger charge is 2.12. The Balaban J connectivity index is 2.22. The number of methoxy groups -OCH3 is 1. The van der Waals surface area contributed by atoms with Crippen molar-refractivity contribution in [3.63, 3.8) is 0 Å². The highest BCUT2D eigenvalue weighted by molar-refractivity contribution is 5.86. The quantitative estimate of drug-likeness (QED) is 0.837. The molecule has 0 aliphatic heterocycles. The van der Waals surface area contributed by atoms with E-state index in [0.717, 1.165) is 5.56 Å². The van der Waals surface area contributed by atoms with Gasteiger partial charge in [0, 0.05) is 11.8 Å². The van der Waals surface area contributed by atoms with Crippen molar-refractivity contribution in [1.82, 2.24) is 4.98 Å². The smallest absolute Gasteiger partial charge is 0.356 e. The largest absolute Gasteiger partial charge is 0.464 e. The van der Waals surface area contributed by atoms with Gasteiger partial charge >= 0.3 is 5.97 Å². The summed E-state index contributed by atoms with van der Waals surface area (Å²) in [6, 6.07) is 12.5. The highest BCUT2D eigenvalue weighted by Crippen LogP contribution is 2.20. The van der Waals surface area contributed by atoms with Crippen LogP contribution in [0.25, 0.3) is 0 Å². The second-order valence-electron chi connectivity index (χ2n) is 3.78. The van der Waals surface area contributed by atoms with Crippen molar-refractivity contribution in [2.24, 2.45) is 0 Å². The van der Waals surface area contributed by atoms with E-state index in [4.69, 9.17) is 0 Å². The average molecular weight is 243 g/mol. The molecule has 1 aromatic heterocycles. The van der Waals surface area contributed by atoms with Crippen molar-refractivity contribution < 1.29 is 14.6 Å². The van der Waals surface area contributed by atoms with Gasteiger partial charge < -0.3 is 9.84 Å². The number of pyridine rings is 1. The van der Waals surface area contributed by atoms with Gasteiger partial charge in [-0.15, -0.1) is 0 Å². The standard InChI is InChI=1S/C14H13NO3/c1-18-14(17)12-8-7-11(9-15-12)13(16)10-5-3-2-4-6-10/h2-9,13,16H,1H3. The number of aliphatic hydroxyl groups excluding tert-OH is 1. The van der Waals surface area contributed by atoms with Crippen LogP contribution in [0.2, 0.25) is 0 Å². The van der Waals surface area contributed by atoms with Crippen molar-refractivity contribution in [2.75, 3.05) is 7.11 Å². The van der Waals surface area contributed by atoms with Crippen LogP contribution in [0.1, 0.15) is 27.7 Å². The highest BCUT2D eigenvalue weighted by atomic mass is 16.5. The Morgan fingerprint density at radius 1 is 1.17 bits per heavy atom. The molecule has 2 aromatic rings. The number of carbonyl (C=O) groups excluding carboxylic acids is 1. The number of rotatable bonds is 3. The summed E-state index contributed by atoms with van der Waals surface area (Å²) in [7, 11) is 1.30. The minimum atomic E-state index is -0.745. The van der Waals surface area contributed by atoms with E-state index in [9.17, 15) is 9.90 Å². The molecular weight excluding hydrogens is 230 g/mol. The molecule has 0 saturated carbocycles. The monoisotopic (exact) mass is 243 g/mol. The number of hydrogen-bond donors (Lipinski definition) is 1. The van der Waals surface area contributed by atoms with Gasteiger partial charge in [-0.2, -0.15) is 0 Å². The zero-order valence-corrected chi connectivity index (χ0v) is 9.91.